The van der Waals surface area contributed by atoms with Crippen LogP contribution in [0.5, 0.6) is 0 Å². The van der Waals surface area contributed by atoms with E-state index in [1.807, 2.05) is 6.92 Å². The minimum Gasteiger partial charge on any atom is -0.351 e. The summed E-state index contributed by atoms with van der Waals surface area (Å²) in [5.41, 5.74) is 5.99. The van der Waals surface area contributed by atoms with Gasteiger partial charge in [-0.25, -0.2) is 0 Å². The summed E-state index contributed by atoms with van der Waals surface area (Å²) in [4.78, 5) is 12.4. The van der Waals surface area contributed by atoms with Crippen LogP contribution < -0.4 is 11.1 Å². The van der Waals surface area contributed by atoms with E-state index in [2.05, 4.69) is 33.0 Å². The lowest BCUT2D eigenvalue weighted by atomic mass is 9.69. The summed E-state index contributed by atoms with van der Waals surface area (Å²) in [6, 6.07) is 0.300. The molecule has 0 aromatic carbocycles. The molecular formula is C16H30N2O. The number of nitrogens with one attached hydrogen (secondary N) is 1. The average Bonchev–Trinajstić information content (AvgIpc) is 2.61. The van der Waals surface area contributed by atoms with E-state index in [9.17, 15) is 4.79 Å². The van der Waals surface area contributed by atoms with E-state index >= 15 is 0 Å². The van der Waals surface area contributed by atoms with Crippen molar-refractivity contribution in [2.45, 2.75) is 78.3 Å². The van der Waals surface area contributed by atoms with E-state index < -0.39 is 5.54 Å². The number of fused-ring (bicyclic) bond motifs is 2. The molecule has 110 valence electrons. The molecule has 0 aliphatic heterocycles. The molecule has 2 fully saturated rings. The fourth-order valence-corrected chi connectivity index (χ4v) is 4.38. The van der Waals surface area contributed by atoms with Crippen LogP contribution in [-0.2, 0) is 4.79 Å². The molecule has 0 spiro atoms. The minimum absolute atomic E-state index is 0.0314. The zero-order chi connectivity index (χ0) is 14.5. The van der Waals surface area contributed by atoms with Crippen LogP contribution in [-0.4, -0.2) is 17.5 Å². The van der Waals surface area contributed by atoms with E-state index in [1.165, 1.54) is 12.8 Å². The van der Waals surface area contributed by atoms with Crippen molar-refractivity contribution in [3.8, 4) is 0 Å². The monoisotopic (exact) mass is 266 g/mol. The molecule has 3 N–H and O–H groups in total. The van der Waals surface area contributed by atoms with Crippen molar-refractivity contribution < 1.29 is 4.79 Å². The second-order valence-electron chi connectivity index (χ2n) is 7.80. The third-order valence-corrected chi connectivity index (χ3v) is 6.39. The van der Waals surface area contributed by atoms with Gasteiger partial charge in [-0.1, -0.05) is 34.1 Å². The van der Waals surface area contributed by atoms with Gasteiger partial charge in [0.2, 0.25) is 5.91 Å². The number of rotatable bonds is 4. The lowest BCUT2D eigenvalue weighted by Gasteiger charge is -2.40. The number of carbonyl (C=O) groups is 1. The Hall–Kier alpha value is -0.570. The first kappa shape index (κ1) is 14.8. The molecule has 4 unspecified atom stereocenters. The number of hydrogen-bond acceptors (Lipinski definition) is 2. The lowest BCUT2D eigenvalue weighted by Crippen LogP contribution is -2.57. The predicted octanol–water partition coefficient (Wildman–Crippen LogP) is 2.83. The van der Waals surface area contributed by atoms with E-state index in [0.29, 0.717) is 11.5 Å². The maximum atomic E-state index is 12.4. The van der Waals surface area contributed by atoms with Crippen LogP contribution in [0.15, 0.2) is 0 Å². The Morgan fingerprint density at radius 3 is 2.47 bits per heavy atom. The molecule has 0 heterocycles. The number of carbonyl (C=O) groups excluding carboxylic acids is 1. The van der Waals surface area contributed by atoms with E-state index in [1.54, 1.807) is 0 Å². The summed E-state index contributed by atoms with van der Waals surface area (Å²) < 4.78 is 0. The van der Waals surface area contributed by atoms with Gasteiger partial charge < -0.3 is 11.1 Å². The maximum Gasteiger partial charge on any atom is 0.240 e. The maximum absolute atomic E-state index is 12.4. The quantitative estimate of drug-likeness (QED) is 0.822. The first-order valence-electron chi connectivity index (χ1n) is 7.75. The van der Waals surface area contributed by atoms with Gasteiger partial charge in [-0.2, -0.15) is 0 Å². The Balaban J connectivity index is 2.08. The molecule has 2 aliphatic carbocycles. The number of nitrogens with two attached hydrogens (primary N) is 1. The molecule has 3 nitrogen and oxygen atoms in total. The molecule has 0 aromatic rings. The molecule has 0 saturated heterocycles. The largest absolute Gasteiger partial charge is 0.351 e. The number of amides is 1. The fraction of sp³-hybridized carbons (Fsp3) is 0.938. The standard InChI is InChI=1S/C16H30N2O/c1-6-8-16(5,17)13(19)18-12-10-11-7-9-15(12,4)14(11,2)3/h11-12H,6-10,17H2,1-5H3,(H,18,19). The molecule has 2 aliphatic rings. The van der Waals surface area contributed by atoms with Crippen molar-refractivity contribution in [2.24, 2.45) is 22.5 Å². The van der Waals surface area contributed by atoms with Gasteiger partial charge >= 0.3 is 0 Å². The average molecular weight is 266 g/mol. The molecular weight excluding hydrogens is 236 g/mol. The lowest BCUT2D eigenvalue weighted by molar-refractivity contribution is -0.127. The molecule has 19 heavy (non-hydrogen) atoms. The van der Waals surface area contributed by atoms with Gasteiger partial charge in [0.25, 0.3) is 0 Å². The van der Waals surface area contributed by atoms with Crippen molar-refractivity contribution in [3.63, 3.8) is 0 Å². The van der Waals surface area contributed by atoms with Crippen LogP contribution in [0.1, 0.15) is 66.7 Å². The third-order valence-electron chi connectivity index (χ3n) is 6.39. The van der Waals surface area contributed by atoms with Crippen LogP contribution in [0, 0.1) is 16.7 Å². The Kier molecular flexibility index (Phi) is 3.49. The van der Waals surface area contributed by atoms with Gasteiger partial charge in [-0.15, -0.1) is 0 Å². The second kappa shape index (κ2) is 4.47. The van der Waals surface area contributed by atoms with Crippen LogP contribution in [0.3, 0.4) is 0 Å². The highest BCUT2D eigenvalue weighted by atomic mass is 16.2. The third kappa shape index (κ3) is 2.10. The Bertz CT molecular complexity index is 375. The molecule has 2 bridgehead atoms. The van der Waals surface area contributed by atoms with Crippen molar-refractivity contribution in [3.05, 3.63) is 0 Å². The van der Waals surface area contributed by atoms with Crippen molar-refractivity contribution in [1.82, 2.24) is 5.32 Å². The Morgan fingerprint density at radius 1 is 1.42 bits per heavy atom. The van der Waals surface area contributed by atoms with Gasteiger partial charge in [0.1, 0.15) is 0 Å². The fourth-order valence-electron chi connectivity index (χ4n) is 4.38. The summed E-state index contributed by atoms with van der Waals surface area (Å²) in [5, 5.41) is 3.27. The highest BCUT2D eigenvalue weighted by molar-refractivity contribution is 5.86. The highest BCUT2D eigenvalue weighted by Crippen LogP contribution is 2.65. The van der Waals surface area contributed by atoms with Crippen molar-refractivity contribution in [2.75, 3.05) is 0 Å². The molecule has 4 atom stereocenters. The molecule has 2 saturated carbocycles. The zero-order valence-corrected chi connectivity index (χ0v) is 13.2. The molecule has 1 amide bonds. The molecule has 0 aromatic heterocycles. The van der Waals surface area contributed by atoms with Crippen LogP contribution in [0.4, 0.5) is 0 Å². The molecule has 0 radical (unpaired) electrons. The van der Waals surface area contributed by atoms with Gasteiger partial charge in [0.05, 0.1) is 5.54 Å². The summed E-state index contributed by atoms with van der Waals surface area (Å²) in [7, 11) is 0. The van der Waals surface area contributed by atoms with Gasteiger partial charge in [0.15, 0.2) is 0 Å². The van der Waals surface area contributed by atoms with E-state index in [-0.39, 0.29) is 11.3 Å². The SMILES string of the molecule is CCCC(C)(N)C(=O)NC1CC2CCC1(C)C2(C)C. The Morgan fingerprint density at radius 2 is 2.05 bits per heavy atom. The van der Waals surface area contributed by atoms with Crippen molar-refractivity contribution in [1.29, 1.82) is 0 Å². The van der Waals surface area contributed by atoms with Gasteiger partial charge in [-0.3, -0.25) is 4.79 Å². The highest BCUT2D eigenvalue weighted by Gasteiger charge is 2.61. The topological polar surface area (TPSA) is 55.1 Å². The summed E-state index contributed by atoms with van der Waals surface area (Å²) in [6.45, 7) is 11.0. The Labute approximate surface area is 117 Å². The van der Waals surface area contributed by atoms with Crippen LogP contribution in [0.2, 0.25) is 0 Å². The van der Waals surface area contributed by atoms with Crippen molar-refractivity contribution >= 4 is 5.91 Å². The summed E-state index contributed by atoms with van der Waals surface area (Å²) >= 11 is 0. The predicted molar refractivity (Wildman–Crippen MR) is 78.7 cm³/mol. The number of hydrogen-bond donors (Lipinski definition) is 2. The molecule has 2 rings (SSSR count). The summed E-state index contributed by atoms with van der Waals surface area (Å²) in [5.74, 6) is 0.780. The first-order chi connectivity index (χ1) is 8.65. The summed E-state index contributed by atoms with van der Waals surface area (Å²) in [6.07, 6.45) is 5.35. The van der Waals surface area contributed by atoms with Gasteiger partial charge in [-0.05, 0) is 49.4 Å². The minimum atomic E-state index is -0.725. The smallest absolute Gasteiger partial charge is 0.240 e. The van der Waals surface area contributed by atoms with E-state index in [0.717, 1.165) is 25.2 Å². The second-order valence-corrected chi connectivity index (χ2v) is 7.80. The van der Waals surface area contributed by atoms with Gasteiger partial charge in [0, 0.05) is 6.04 Å². The first-order valence-corrected chi connectivity index (χ1v) is 7.75. The van der Waals surface area contributed by atoms with E-state index in [4.69, 9.17) is 5.73 Å². The van der Waals surface area contributed by atoms with Crippen LogP contribution in [0.25, 0.3) is 0 Å². The normalized spacial score (nSPS) is 39.1. The molecule has 3 heteroatoms. The zero-order valence-electron chi connectivity index (χ0n) is 13.2. The van der Waals surface area contributed by atoms with Crippen LogP contribution >= 0.6 is 0 Å².